The largest absolute Gasteiger partial charge is 0.444 e. The SMILES string of the molecule is CN(CCNC(=O)OC(C)(C)C)C1CNC1. The summed E-state index contributed by atoms with van der Waals surface area (Å²) in [6.07, 6.45) is -0.340. The van der Waals surface area contributed by atoms with Gasteiger partial charge < -0.3 is 15.4 Å². The van der Waals surface area contributed by atoms with Gasteiger partial charge in [0.1, 0.15) is 5.60 Å². The van der Waals surface area contributed by atoms with E-state index < -0.39 is 5.60 Å². The molecule has 1 rings (SSSR count). The van der Waals surface area contributed by atoms with E-state index in [9.17, 15) is 4.79 Å². The second-order valence-corrected chi connectivity index (χ2v) is 5.22. The Kier molecular flexibility index (Phi) is 4.56. The highest BCUT2D eigenvalue weighted by atomic mass is 16.6. The van der Waals surface area contributed by atoms with Gasteiger partial charge in [-0.05, 0) is 27.8 Å². The summed E-state index contributed by atoms with van der Waals surface area (Å²) in [6, 6.07) is 0.612. The molecule has 1 aliphatic rings. The van der Waals surface area contributed by atoms with E-state index in [1.54, 1.807) is 0 Å². The number of nitrogens with one attached hydrogen (secondary N) is 2. The highest BCUT2D eigenvalue weighted by Gasteiger charge is 2.21. The Labute approximate surface area is 97.5 Å². The fourth-order valence-corrected chi connectivity index (χ4v) is 1.42. The molecule has 1 aliphatic heterocycles. The predicted molar refractivity (Wildman–Crippen MR) is 63.5 cm³/mol. The van der Waals surface area contributed by atoms with Crippen LogP contribution in [-0.2, 0) is 4.74 Å². The maximum absolute atomic E-state index is 11.3. The number of carbonyl (C=O) groups is 1. The van der Waals surface area contributed by atoms with Crippen molar-refractivity contribution in [2.24, 2.45) is 0 Å². The van der Waals surface area contributed by atoms with E-state index in [2.05, 4.69) is 22.6 Å². The van der Waals surface area contributed by atoms with Crippen molar-refractivity contribution in [1.82, 2.24) is 15.5 Å². The predicted octanol–water partition coefficient (Wildman–Crippen LogP) is 0.415. The van der Waals surface area contributed by atoms with Crippen LogP contribution in [0.2, 0.25) is 0 Å². The van der Waals surface area contributed by atoms with Gasteiger partial charge in [0.15, 0.2) is 0 Å². The van der Waals surface area contributed by atoms with Crippen molar-refractivity contribution >= 4 is 6.09 Å². The topological polar surface area (TPSA) is 53.6 Å². The molecule has 0 aromatic rings. The van der Waals surface area contributed by atoms with Crippen LogP contribution < -0.4 is 10.6 Å². The molecular formula is C11H23N3O2. The molecule has 0 spiro atoms. The maximum Gasteiger partial charge on any atom is 0.407 e. The van der Waals surface area contributed by atoms with E-state index in [1.165, 1.54) is 0 Å². The lowest BCUT2D eigenvalue weighted by Gasteiger charge is -2.35. The number of nitrogens with zero attached hydrogens (tertiary/aromatic N) is 1. The molecule has 0 aliphatic carbocycles. The van der Waals surface area contributed by atoms with Crippen molar-refractivity contribution in [2.75, 3.05) is 33.2 Å². The molecule has 1 saturated heterocycles. The fourth-order valence-electron chi connectivity index (χ4n) is 1.42. The molecule has 94 valence electrons. The van der Waals surface area contributed by atoms with Gasteiger partial charge in [-0.3, -0.25) is 4.90 Å². The minimum atomic E-state index is -0.423. The monoisotopic (exact) mass is 229 g/mol. The molecule has 0 atom stereocenters. The number of amides is 1. The Bertz CT molecular complexity index is 234. The molecule has 1 amide bonds. The van der Waals surface area contributed by atoms with Crippen LogP contribution in [0.5, 0.6) is 0 Å². The summed E-state index contributed by atoms with van der Waals surface area (Å²) in [7, 11) is 2.07. The lowest BCUT2D eigenvalue weighted by atomic mass is 10.1. The Morgan fingerprint density at radius 2 is 2.12 bits per heavy atom. The van der Waals surface area contributed by atoms with Crippen molar-refractivity contribution in [1.29, 1.82) is 0 Å². The summed E-state index contributed by atoms with van der Waals surface area (Å²) >= 11 is 0. The first-order chi connectivity index (χ1) is 7.38. The zero-order chi connectivity index (χ0) is 12.2. The van der Waals surface area contributed by atoms with E-state index in [0.717, 1.165) is 19.6 Å². The Hall–Kier alpha value is -0.810. The number of likely N-dealkylation sites (N-methyl/N-ethyl adjacent to an activating group) is 1. The Morgan fingerprint density at radius 3 is 2.56 bits per heavy atom. The summed E-state index contributed by atoms with van der Waals surface area (Å²) < 4.78 is 5.14. The zero-order valence-electron chi connectivity index (χ0n) is 10.7. The second kappa shape index (κ2) is 5.50. The maximum atomic E-state index is 11.3. The van der Waals surface area contributed by atoms with Crippen LogP contribution in [0.15, 0.2) is 0 Å². The van der Waals surface area contributed by atoms with Crippen LogP contribution in [0.3, 0.4) is 0 Å². The molecule has 0 aromatic heterocycles. The van der Waals surface area contributed by atoms with Crippen LogP contribution in [0.4, 0.5) is 4.79 Å². The lowest BCUT2D eigenvalue weighted by molar-refractivity contribution is 0.0518. The molecule has 2 N–H and O–H groups in total. The third-order valence-corrected chi connectivity index (χ3v) is 2.52. The molecule has 1 heterocycles. The number of ether oxygens (including phenoxy) is 1. The van der Waals surface area contributed by atoms with Crippen LogP contribution >= 0.6 is 0 Å². The van der Waals surface area contributed by atoms with Crippen LogP contribution in [0.25, 0.3) is 0 Å². The van der Waals surface area contributed by atoms with Gasteiger partial charge in [0.2, 0.25) is 0 Å². The van der Waals surface area contributed by atoms with Gasteiger partial charge in [-0.1, -0.05) is 0 Å². The molecule has 16 heavy (non-hydrogen) atoms. The van der Waals surface area contributed by atoms with Crippen molar-refractivity contribution in [3.05, 3.63) is 0 Å². The van der Waals surface area contributed by atoms with Crippen molar-refractivity contribution < 1.29 is 9.53 Å². The first-order valence-electron chi connectivity index (χ1n) is 5.76. The number of hydrogen-bond acceptors (Lipinski definition) is 4. The first kappa shape index (κ1) is 13.3. The normalized spacial score (nSPS) is 17.1. The molecule has 0 saturated carbocycles. The second-order valence-electron chi connectivity index (χ2n) is 5.22. The number of hydrogen-bond donors (Lipinski definition) is 2. The van der Waals surface area contributed by atoms with Crippen LogP contribution in [0.1, 0.15) is 20.8 Å². The molecule has 5 nitrogen and oxygen atoms in total. The van der Waals surface area contributed by atoms with Gasteiger partial charge in [0.25, 0.3) is 0 Å². The fraction of sp³-hybridized carbons (Fsp3) is 0.909. The van der Waals surface area contributed by atoms with E-state index in [-0.39, 0.29) is 6.09 Å². The van der Waals surface area contributed by atoms with Gasteiger partial charge in [0.05, 0.1) is 0 Å². The average molecular weight is 229 g/mol. The zero-order valence-corrected chi connectivity index (χ0v) is 10.7. The van der Waals surface area contributed by atoms with E-state index in [0.29, 0.717) is 12.6 Å². The molecule has 0 unspecified atom stereocenters. The highest BCUT2D eigenvalue weighted by Crippen LogP contribution is 2.06. The van der Waals surface area contributed by atoms with E-state index in [4.69, 9.17) is 4.74 Å². The third-order valence-electron chi connectivity index (χ3n) is 2.52. The highest BCUT2D eigenvalue weighted by molar-refractivity contribution is 5.67. The number of rotatable bonds is 4. The summed E-state index contributed by atoms with van der Waals surface area (Å²) in [5, 5.41) is 5.97. The number of alkyl carbamates (subject to hydrolysis) is 1. The van der Waals surface area contributed by atoms with Crippen molar-refractivity contribution in [3.63, 3.8) is 0 Å². The minimum Gasteiger partial charge on any atom is -0.444 e. The van der Waals surface area contributed by atoms with Gasteiger partial charge in [0, 0.05) is 32.2 Å². The average Bonchev–Trinajstić information content (AvgIpc) is 1.96. The smallest absolute Gasteiger partial charge is 0.407 e. The molecule has 0 bridgehead atoms. The first-order valence-corrected chi connectivity index (χ1v) is 5.76. The van der Waals surface area contributed by atoms with Crippen molar-refractivity contribution in [2.45, 2.75) is 32.4 Å². The Balaban J connectivity index is 2.08. The summed E-state index contributed by atoms with van der Waals surface area (Å²) in [5.41, 5.74) is -0.423. The molecule has 1 fully saturated rings. The summed E-state index contributed by atoms with van der Waals surface area (Å²) in [6.45, 7) is 9.15. The summed E-state index contributed by atoms with van der Waals surface area (Å²) in [5.74, 6) is 0. The van der Waals surface area contributed by atoms with Gasteiger partial charge in [-0.15, -0.1) is 0 Å². The van der Waals surface area contributed by atoms with Gasteiger partial charge in [-0.2, -0.15) is 0 Å². The standard InChI is InChI=1S/C11H23N3O2/c1-11(2,3)16-10(15)13-5-6-14(4)9-7-12-8-9/h9,12H,5-8H2,1-4H3,(H,13,15). The molecule has 5 heteroatoms. The molecular weight excluding hydrogens is 206 g/mol. The quantitative estimate of drug-likeness (QED) is 0.733. The third kappa shape index (κ3) is 4.81. The van der Waals surface area contributed by atoms with Gasteiger partial charge >= 0.3 is 6.09 Å². The van der Waals surface area contributed by atoms with Crippen LogP contribution in [-0.4, -0.2) is 55.9 Å². The molecule has 0 radical (unpaired) electrons. The Morgan fingerprint density at radius 1 is 1.50 bits per heavy atom. The van der Waals surface area contributed by atoms with Gasteiger partial charge in [-0.25, -0.2) is 4.79 Å². The van der Waals surface area contributed by atoms with E-state index >= 15 is 0 Å². The van der Waals surface area contributed by atoms with Crippen LogP contribution in [0, 0.1) is 0 Å². The van der Waals surface area contributed by atoms with E-state index in [1.807, 2.05) is 20.8 Å². The minimum absolute atomic E-state index is 0.340. The molecule has 0 aromatic carbocycles. The van der Waals surface area contributed by atoms with Crippen molar-refractivity contribution in [3.8, 4) is 0 Å². The summed E-state index contributed by atoms with van der Waals surface area (Å²) in [4.78, 5) is 13.6. The lowest BCUT2D eigenvalue weighted by Crippen LogP contribution is -2.57. The number of carbonyl (C=O) groups excluding carboxylic acids is 1.